The molecule has 1 aromatic carbocycles. The third-order valence-electron chi connectivity index (χ3n) is 2.04. The summed E-state index contributed by atoms with van der Waals surface area (Å²) in [4.78, 5) is 14.3. The molecule has 2 N–H and O–H groups in total. The molecular weight excluding hydrogens is 207 g/mol. The van der Waals surface area contributed by atoms with E-state index in [1.807, 2.05) is 19.1 Å². The Morgan fingerprint density at radius 3 is 2.67 bits per heavy atom. The molecule has 0 aliphatic rings. The summed E-state index contributed by atoms with van der Waals surface area (Å²) in [6, 6.07) is 6.96. The topological polar surface area (TPSA) is 66.8 Å². The first kappa shape index (κ1) is 14.6. The van der Waals surface area contributed by atoms with Crippen molar-refractivity contribution < 1.29 is 51.0 Å². The first-order valence-electron chi connectivity index (χ1n) is 4.31. The SMILES string of the molecule is CCc1ccccc1C(O)C(=O)OO.[H-].[Na+]. The number of hydrogen-bond donors (Lipinski definition) is 2. The van der Waals surface area contributed by atoms with Crippen LogP contribution in [0.15, 0.2) is 24.3 Å². The van der Waals surface area contributed by atoms with E-state index >= 15 is 0 Å². The molecule has 78 valence electrons. The number of rotatable bonds is 3. The second-order valence-corrected chi connectivity index (χ2v) is 2.87. The van der Waals surface area contributed by atoms with Gasteiger partial charge >= 0.3 is 35.5 Å². The molecule has 0 amide bonds. The number of carbonyl (C=O) groups excluding carboxylic acids is 1. The molecule has 1 aromatic rings. The zero-order valence-corrected chi connectivity index (χ0v) is 10.8. The molecule has 15 heavy (non-hydrogen) atoms. The largest absolute Gasteiger partial charge is 1.00 e. The van der Waals surface area contributed by atoms with Crippen LogP contribution in [0, 0.1) is 0 Å². The van der Waals surface area contributed by atoms with E-state index in [-0.39, 0.29) is 31.0 Å². The van der Waals surface area contributed by atoms with E-state index in [1.165, 1.54) is 0 Å². The fourth-order valence-electron chi connectivity index (χ4n) is 1.30. The van der Waals surface area contributed by atoms with Crippen molar-refractivity contribution >= 4 is 5.97 Å². The molecule has 0 spiro atoms. The quantitative estimate of drug-likeness (QED) is 0.366. The van der Waals surface area contributed by atoms with Gasteiger partial charge in [-0.05, 0) is 17.5 Å². The van der Waals surface area contributed by atoms with E-state index in [9.17, 15) is 9.90 Å². The van der Waals surface area contributed by atoms with E-state index in [0.29, 0.717) is 12.0 Å². The third kappa shape index (κ3) is 3.59. The summed E-state index contributed by atoms with van der Waals surface area (Å²) in [6.45, 7) is 1.91. The number of aryl methyl sites for hydroxylation is 1. The fourth-order valence-corrected chi connectivity index (χ4v) is 1.30. The van der Waals surface area contributed by atoms with E-state index < -0.39 is 12.1 Å². The second-order valence-electron chi connectivity index (χ2n) is 2.87. The Morgan fingerprint density at radius 1 is 1.53 bits per heavy atom. The number of aliphatic hydroxyl groups excluding tert-OH is 1. The van der Waals surface area contributed by atoms with Crippen LogP contribution in [0.4, 0.5) is 0 Å². The maximum Gasteiger partial charge on any atom is 1.00 e. The molecule has 0 bridgehead atoms. The van der Waals surface area contributed by atoms with Crippen molar-refractivity contribution in [1.29, 1.82) is 0 Å². The summed E-state index contributed by atoms with van der Waals surface area (Å²) >= 11 is 0. The molecule has 5 heteroatoms. The van der Waals surface area contributed by atoms with Gasteiger partial charge in [0.2, 0.25) is 0 Å². The van der Waals surface area contributed by atoms with Crippen molar-refractivity contribution in [3.8, 4) is 0 Å². The van der Waals surface area contributed by atoms with Crippen molar-refractivity contribution in [2.24, 2.45) is 0 Å². The van der Waals surface area contributed by atoms with E-state index in [4.69, 9.17) is 5.26 Å². The van der Waals surface area contributed by atoms with Gasteiger partial charge in [0.25, 0.3) is 0 Å². The van der Waals surface area contributed by atoms with Crippen LogP contribution < -0.4 is 29.6 Å². The zero-order valence-electron chi connectivity index (χ0n) is 9.80. The Kier molecular flexibility index (Phi) is 6.80. The van der Waals surface area contributed by atoms with Crippen LogP contribution in [0.5, 0.6) is 0 Å². The minimum absolute atomic E-state index is 0. The molecule has 0 aliphatic carbocycles. The van der Waals surface area contributed by atoms with Gasteiger partial charge in [0.15, 0.2) is 6.10 Å². The van der Waals surface area contributed by atoms with Crippen molar-refractivity contribution in [2.75, 3.05) is 0 Å². The van der Waals surface area contributed by atoms with E-state index in [0.717, 1.165) is 5.56 Å². The Balaban J connectivity index is 0. The normalized spacial score (nSPS) is 11.4. The number of benzene rings is 1. The molecule has 1 rings (SSSR count). The first-order valence-corrected chi connectivity index (χ1v) is 4.31. The fraction of sp³-hybridized carbons (Fsp3) is 0.300. The minimum Gasteiger partial charge on any atom is -1.00 e. The van der Waals surface area contributed by atoms with Crippen LogP contribution in [0.3, 0.4) is 0 Å². The molecule has 1 atom stereocenters. The Bertz CT molecular complexity index is 332. The van der Waals surface area contributed by atoms with Gasteiger partial charge in [-0.2, -0.15) is 5.26 Å². The van der Waals surface area contributed by atoms with Gasteiger partial charge in [-0.25, -0.2) is 4.79 Å². The Morgan fingerprint density at radius 2 is 2.13 bits per heavy atom. The molecule has 4 nitrogen and oxygen atoms in total. The van der Waals surface area contributed by atoms with Gasteiger partial charge in [0.05, 0.1) is 0 Å². The van der Waals surface area contributed by atoms with E-state index in [2.05, 4.69) is 4.89 Å². The molecule has 0 aromatic heterocycles. The molecule has 0 aliphatic heterocycles. The maximum atomic E-state index is 10.9. The zero-order chi connectivity index (χ0) is 10.6. The molecular formula is C10H13NaO4. The van der Waals surface area contributed by atoms with Crippen LogP contribution in [0.25, 0.3) is 0 Å². The van der Waals surface area contributed by atoms with E-state index in [1.54, 1.807) is 12.1 Å². The predicted octanol–water partition coefficient (Wildman–Crippen LogP) is -1.58. The van der Waals surface area contributed by atoms with Crippen LogP contribution in [0.1, 0.15) is 25.6 Å². The maximum absolute atomic E-state index is 10.9. The van der Waals surface area contributed by atoms with Crippen molar-refractivity contribution in [1.82, 2.24) is 0 Å². The molecule has 0 saturated carbocycles. The summed E-state index contributed by atoms with van der Waals surface area (Å²) in [7, 11) is 0. The third-order valence-corrected chi connectivity index (χ3v) is 2.04. The van der Waals surface area contributed by atoms with Gasteiger partial charge in [0.1, 0.15) is 0 Å². The van der Waals surface area contributed by atoms with Crippen molar-refractivity contribution in [3.63, 3.8) is 0 Å². The monoisotopic (exact) mass is 220 g/mol. The van der Waals surface area contributed by atoms with Crippen LogP contribution >= 0.6 is 0 Å². The predicted molar refractivity (Wildman–Crippen MR) is 50.6 cm³/mol. The molecule has 0 radical (unpaired) electrons. The summed E-state index contributed by atoms with van der Waals surface area (Å²) in [5.74, 6) is -1.06. The smallest absolute Gasteiger partial charge is 1.00 e. The Hall–Kier alpha value is -0.390. The van der Waals surface area contributed by atoms with Crippen molar-refractivity contribution in [3.05, 3.63) is 35.4 Å². The summed E-state index contributed by atoms with van der Waals surface area (Å²) in [5, 5.41) is 17.6. The van der Waals surface area contributed by atoms with Crippen LogP contribution in [-0.4, -0.2) is 16.3 Å². The molecule has 0 heterocycles. The summed E-state index contributed by atoms with van der Waals surface area (Å²) in [5.41, 5.74) is 1.32. The number of carbonyl (C=O) groups is 1. The molecule has 0 saturated heterocycles. The summed E-state index contributed by atoms with van der Waals surface area (Å²) < 4.78 is 0. The standard InChI is InChI=1S/C10H12O4.Na.H/c1-2-7-5-3-4-6-8(7)9(11)10(12)14-13;;/h3-6,9,11,13H,2H2,1H3;;/q;+1;-1. The first-order chi connectivity index (χ1) is 6.70. The van der Waals surface area contributed by atoms with Crippen LogP contribution in [-0.2, 0) is 16.1 Å². The average Bonchev–Trinajstić information content (AvgIpc) is 2.26. The number of hydrogen-bond acceptors (Lipinski definition) is 4. The number of aliphatic hydroxyl groups is 1. The van der Waals surface area contributed by atoms with Gasteiger partial charge < -0.3 is 6.53 Å². The van der Waals surface area contributed by atoms with Crippen molar-refractivity contribution in [2.45, 2.75) is 19.4 Å². The second kappa shape index (κ2) is 6.98. The van der Waals surface area contributed by atoms with Crippen LogP contribution in [0.2, 0.25) is 0 Å². The van der Waals surface area contributed by atoms with Gasteiger partial charge in [-0.1, -0.05) is 31.2 Å². The molecule has 1 unspecified atom stereocenters. The summed E-state index contributed by atoms with van der Waals surface area (Å²) in [6.07, 6.45) is -0.720. The van der Waals surface area contributed by atoms with Gasteiger partial charge in [-0.15, -0.1) is 0 Å². The minimum atomic E-state index is -1.42. The van der Waals surface area contributed by atoms with Gasteiger partial charge in [0, 0.05) is 0 Å². The Labute approximate surface area is 112 Å². The van der Waals surface area contributed by atoms with Gasteiger partial charge in [-0.3, -0.25) is 4.89 Å². The average molecular weight is 220 g/mol. The molecule has 0 fully saturated rings.